The molecule has 0 bridgehead atoms. The molecule has 2 nitrogen and oxygen atoms in total. The fourth-order valence-electron chi connectivity index (χ4n) is 1.14. The van der Waals surface area contributed by atoms with Gasteiger partial charge in [0.05, 0.1) is 0 Å². The largest absolute Gasteiger partial charge is 0.326 e. The molecule has 1 N–H and O–H groups in total. The van der Waals surface area contributed by atoms with Crippen LogP contribution in [0.5, 0.6) is 0 Å². The van der Waals surface area contributed by atoms with Crippen LogP contribution in [0.15, 0.2) is 41.5 Å². The number of carbonyl (C=O) groups is 1. The second-order valence-electron chi connectivity index (χ2n) is 3.87. The zero-order chi connectivity index (χ0) is 11.3. The maximum absolute atomic E-state index is 11.6. The van der Waals surface area contributed by atoms with Crippen molar-refractivity contribution in [3.63, 3.8) is 0 Å². The number of allylic oxidation sites excluding steroid dienone is 1. The Morgan fingerprint density at radius 1 is 1.13 bits per heavy atom. The number of carbonyl (C=O) groups excluding carboxylic acids is 1. The first-order valence-electron chi connectivity index (χ1n) is 5.07. The van der Waals surface area contributed by atoms with Crippen LogP contribution in [-0.4, -0.2) is 5.91 Å². The van der Waals surface area contributed by atoms with Gasteiger partial charge in [-0.3, -0.25) is 4.79 Å². The molecule has 0 atom stereocenters. The molecule has 1 aromatic carbocycles. The minimum Gasteiger partial charge on any atom is -0.326 e. The molecule has 0 aliphatic heterocycles. The molecule has 0 aromatic heterocycles. The summed E-state index contributed by atoms with van der Waals surface area (Å²) in [4.78, 5) is 11.6. The van der Waals surface area contributed by atoms with E-state index in [4.69, 9.17) is 0 Å². The second kappa shape index (κ2) is 5.35. The first kappa shape index (κ1) is 11.5. The Hall–Kier alpha value is -1.57. The highest BCUT2D eigenvalue weighted by Crippen LogP contribution is 2.10. The van der Waals surface area contributed by atoms with E-state index in [0.29, 0.717) is 6.42 Å². The number of amides is 1. The van der Waals surface area contributed by atoms with Crippen LogP contribution >= 0.6 is 0 Å². The molecule has 0 radical (unpaired) electrons. The smallest absolute Gasteiger partial charge is 0.228 e. The van der Waals surface area contributed by atoms with Gasteiger partial charge >= 0.3 is 0 Å². The van der Waals surface area contributed by atoms with Crippen LogP contribution in [0.25, 0.3) is 0 Å². The maximum atomic E-state index is 11.6. The molecule has 0 aliphatic carbocycles. The maximum Gasteiger partial charge on any atom is 0.228 e. The molecular formula is C13H17NO. The summed E-state index contributed by atoms with van der Waals surface area (Å²) in [5.41, 5.74) is 3.19. The summed E-state index contributed by atoms with van der Waals surface area (Å²) in [5.74, 6) is 0.0416. The van der Waals surface area contributed by atoms with Crippen molar-refractivity contribution in [1.29, 1.82) is 0 Å². The minimum absolute atomic E-state index is 0.0416. The Morgan fingerprint density at radius 2 is 1.73 bits per heavy atom. The van der Waals surface area contributed by atoms with Crippen LogP contribution < -0.4 is 5.32 Å². The standard InChI is InChI=1S/C13H17NO/c1-10(2)11(3)9-13(15)14-12-7-5-4-6-8-12/h4-8H,9H2,1-3H3,(H,14,15). The van der Waals surface area contributed by atoms with Crippen LogP contribution in [0.4, 0.5) is 5.69 Å². The topological polar surface area (TPSA) is 29.1 Å². The van der Waals surface area contributed by atoms with Crippen LogP contribution in [0, 0.1) is 0 Å². The van der Waals surface area contributed by atoms with Crippen molar-refractivity contribution in [2.75, 3.05) is 5.32 Å². The number of anilines is 1. The van der Waals surface area contributed by atoms with E-state index in [-0.39, 0.29) is 5.91 Å². The first-order valence-corrected chi connectivity index (χ1v) is 5.07. The third-order valence-corrected chi connectivity index (χ3v) is 2.34. The molecule has 1 aromatic rings. The van der Waals surface area contributed by atoms with Crippen molar-refractivity contribution in [3.05, 3.63) is 41.5 Å². The van der Waals surface area contributed by atoms with Crippen molar-refractivity contribution in [2.45, 2.75) is 27.2 Å². The van der Waals surface area contributed by atoms with E-state index in [0.717, 1.165) is 11.3 Å². The summed E-state index contributed by atoms with van der Waals surface area (Å²) >= 11 is 0. The molecule has 0 fully saturated rings. The Bertz CT molecular complexity index is 361. The molecular weight excluding hydrogens is 186 g/mol. The van der Waals surface area contributed by atoms with Crippen LogP contribution in [-0.2, 0) is 4.79 Å². The van der Waals surface area contributed by atoms with E-state index in [9.17, 15) is 4.79 Å². The number of rotatable bonds is 3. The van der Waals surface area contributed by atoms with E-state index in [1.54, 1.807) is 0 Å². The Labute approximate surface area is 91.0 Å². The van der Waals surface area contributed by atoms with Gasteiger partial charge in [-0.1, -0.05) is 29.3 Å². The Kier molecular flexibility index (Phi) is 4.10. The molecule has 0 aliphatic rings. The van der Waals surface area contributed by atoms with Gasteiger partial charge in [-0.25, -0.2) is 0 Å². The molecule has 1 amide bonds. The quantitative estimate of drug-likeness (QED) is 0.750. The normalized spacial score (nSPS) is 9.53. The van der Waals surface area contributed by atoms with Crippen molar-refractivity contribution < 1.29 is 4.79 Å². The number of para-hydroxylation sites is 1. The Morgan fingerprint density at radius 3 is 2.27 bits per heavy atom. The SMILES string of the molecule is CC(C)=C(C)CC(=O)Nc1ccccc1. The molecule has 0 spiro atoms. The molecule has 0 unspecified atom stereocenters. The lowest BCUT2D eigenvalue weighted by Gasteiger charge is -2.06. The number of hydrogen-bond acceptors (Lipinski definition) is 1. The number of benzene rings is 1. The van der Waals surface area contributed by atoms with Crippen molar-refractivity contribution in [2.24, 2.45) is 0 Å². The third kappa shape index (κ3) is 3.98. The van der Waals surface area contributed by atoms with E-state index >= 15 is 0 Å². The lowest BCUT2D eigenvalue weighted by Crippen LogP contribution is -2.11. The van der Waals surface area contributed by atoms with Gasteiger partial charge in [0, 0.05) is 12.1 Å². The highest BCUT2D eigenvalue weighted by molar-refractivity contribution is 5.92. The highest BCUT2D eigenvalue weighted by atomic mass is 16.1. The lowest BCUT2D eigenvalue weighted by molar-refractivity contribution is -0.115. The van der Waals surface area contributed by atoms with Gasteiger partial charge in [0.2, 0.25) is 5.91 Å². The van der Waals surface area contributed by atoms with E-state index < -0.39 is 0 Å². The molecule has 15 heavy (non-hydrogen) atoms. The van der Waals surface area contributed by atoms with Gasteiger partial charge in [-0.15, -0.1) is 0 Å². The summed E-state index contributed by atoms with van der Waals surface area (Å²) in [6.07, 6.45) is 0.469. The zero-order valence-corrected chi connectivity index (χ0v) is 9.50. The van der Waals surface area contributed by atoms with Crippen molar-refractivity contribution in [3.8, 4) is 0 Å². The summed E-state index contributed by atoms with van der Waals surface area (Å²) in [6, 6.07) is 9.51. The highest BCUT2D eigenvalue weighted by Gasteiger charge is 2.03. The summed E-state index contributed by atoms with van der Waals surface area (Å²) in [7, 11) is 0. The van der Waals surface area contributed by atoms with E-state index in [1.165, 1.54) is 5.57 Å². The Balaban J connectivity index is 2.55. The van der Waals surface area contributed by atoms with E-state index in [1.807, 2.05) is 51.1 Å². The van der Waals surface area contributed by atoms with Gasteiger partial charge in [0.15, 0.2) is 0 Å². The first-order chi connectivity index (χ1) is 7.09. The van der Waals surface area contributed by atoms with Gasteiger partial charge in [0.25, 0.3) is 0 Å². The fraction of sp³-hybridized carbons (Fsp3) is 0.308. The fourth-order valence-corrected chi connectivity index (χ4v) is 1.14. The number of hydrogen-bond donors (Lipinski definition) is 1. The molecule has 0 saturated heterocycles. The average Bonchev–Trinajstić information content (AvgIpc) is 2.18. The zero-order valence-electron chi connectivity index (χ0n) is 9.50. The number of nitrogens with one attached hydrogen (secondary N) is 1. The molecule has 1 rings (SSSR count). The summed E-state index contributed by atoms with van der Waals surface area (Å²) in [5, 5.41) is 2.85. The summed E-state index contributed by atoms with van der Waals surface area (Å²) in [6.45, 7) is 6.02. The van der Waals surface area contributed by atoms with Gasteiger partial charge in [0.1, 0.15) is 0 Å². The van der Waals surface area contributed by atoms with Gasteiger partial charge in [-0.2, -0.15) is 0 Å². The van der Waals surface area contributed by atoms with Crippen molar-refractivity contribution >= 4 is 11.6 Å². The summed E-state index contributed by atoms with van der Waals surface area (Å²) < 4.78 is 0. The van der Waals surface area contributed by atoms with Gasteiger partial charge in [-0.05, 0) is 32.9 Å². The lowest BCUT2D eigenvalue weighted by atomic mass is 10.1. The second-order valence-corrected chi connectivity index (χ2v) is 3.87. The predicted molar refractivity (Wildman–Crippen MR) is 63.7 cm³/mol. The van der Waals surface area contributed by atoms with Gasteiger partial charge < -0.3 is 5.32 Å². The van der Waals surface area contributed by atoms with E-state index in [2.05, 4.69) is 5.32 Å². The molecule has 80 valence electrons. The molecule has 2 heteroatoms. The van der Waals surface area contributed by atoms with Crippen molar-refractivity contribution in [1.82, 2.24) is 0 Å². The monoisotopic (exact) mass is 203 g/mol. The molecule has 0 heterocycles. The molecule has 0 saturated carbocycles. The average molecular weight is 203 g/mol. The van der Waals surface area contributed by atoms with Crippen LogP contribution in [0.3, 0.4) is 0 Å². The van der Waals surface area contributed by atoms with Crippen LogP contribution in [0.2, 0.25) is 0 Å². The minimum atomic E-state index is 0.0416. The third-order valence-electron chi connectivity index (χ3n) is 2.34. The van der Waals surface area contributed by atoms with Crippen LogP contribution in [0.1, 0.15) is 27.2 Å². The predicted octanol–water partition coefficient (Wildman–Crippen LogP) is 3.37.